The summed E-state index contributed by atoms with van der Waals surface area (Å²) in [7, 11) is 1.94. The topological polar surface area (TPSA) is 72.3 Å². The molecule has 104 valence electrons. The average molecular weight is 309 g/mol. The molecule has 1 N–H and O–H groups in total. The standard InChI is InChI=1S/C12H13ClN6S/c1-19-11(17-18-12(19)20-6-2-5-13)9-4-3-8-10(16-9)15-7-14-8/h3-4,7H,2,5-6H2,1H3,(H,14,15,16). The van der Waals surface area contributed by atoms with Crippen molar-refractivity contribution in [1.29, 1.82) is 0 Å². The average Bonchev–Trinajstić information content (AvgIpc) is 3.05. The van der Waals surface area contributed by atoms with Crippen molar-refractivity contribution in [2.45, 2.75) is 11.6 Å². The second-order valence-electron chi connectivity index (χ2n) is 4.23. The molecule has 0 fully saturated rings. The van der Waals surface area contributed by atoms with E-state index < -0.39 is 0 Å². The summed E-state index contributed by atoms with van der Waals surface area (Å²) in [6.07, 6.45) is 2.58. The molecule has 3 rings (SSSR count). The van der Waals surface area contributed by atoms with Crippen LogP contribution in [0.2, 0.25) is 0 Å². The summed E-state index contributed by atoms with van der Waals surface area (Å²) in [5.74, 6) is 2.33. The smallest absolute Gasteiger partial charge is 0.191 e. The zero-order chi connectivity index (χ0) is 13.9. The Balaban J connectivity index is 1.89. The van der Waals surface area contributed by atoms with Crippen LogP contribution in [0.3, 0.4) is 0 Å². The molecule has 3 aromatic rings. The van der Waals surface area contributed by atoms with Crippen LogP contribution in [0, 0.1) is 0 Å². The van der Waals surface area contributed by atoms with E-state index in [4.69, 9.17) is 11.6 Å². The van der Waals surface area contributed by atoms with Crippen LogP contribution in [-0.4, -0.2) is 41.3 Å². The fourth-order valence-electron chi connectivity index (χ4n) is 1.83. The molecule has 3 heterocycles. The van der Waals surface area contributed by atoms with Crippen molar-refractivity contribution in [3.8, 4) is 11.5 Å². The highest BCUT2D eigenvalue weighted by atomic mass is 35.5. The lowest BCUT2D eigenvalue weighted by molar-refractivity contribution is 0.791. The van der Waals surface area contributed by atoms with E-state index in [9.17, 15) is 0 Å². The third-order valence-electron chi connectivity index (χ3n) is 2.86. The maximum Gasteiger partial charge on any atom is 0.191 e. The third-order valence-corrected chi connectivity index (χ3v) is 4.23. The fourth-order valence-corrected chi connectivity index (χ4v) is 2.97. The molecular formula is C12H13ClN6S. The number of nitrogens with zero attached hydrogens (tertiary/aromatic N) is 5. The Labute approximate surface area is 125 Å². The first-order valence-electron chi connectivity index (χ1n) is 6.18. The number of aromatic amines is 1. The fraction of sp³-hybridized carbons (Fsp3) is 0.333. The molecule has 0 bridgehead atoms. The van der Waals surface area contributed by atoms with Crippen molar-refractivity contribution in [2.24, 2.45) is 7.05 Å². The number of nitrogens with one attached hydrogen (secondary N) is 1. The molecule has 0 aliphatic heterocycles. The van der Waals surface area contributed by atoms with E-state index >= 15 is 0 Å². The number of thioether (sulfide) groups is 1. The normalized spacial score (nSPS) is 11.3. The number of hydrogen-bond acceptors (Lipinski definition) is 5. The number of rotatable bonds is 5. The molecule has 0 unspecified atom stereocenters. The van der Waals surface area contributed by atoms with Crippen molar-refractivity contribution < 1.29 is 0 Å². The van der Waals surface area contributed by atoms with E-state index in [0.29, 0.717) is 11.5 Å². The van der Waals surface area contributed by atoms with Gasteiger partial charge in [0.25, 0.3) is 0 Å². The van der Waals surface area contributed by atoms with E-state index in [1.54, 1.807) is 18.1 Å². The minimum absolute atomic E-state index is 0.662. The molecule has 0 aliphatic carbocycles. The van der Waals surface area contributed by atoms with Crippen LogP contribution < -0.4 is 0 Å². The molecule has 0 aromatic carbocycles. The van der Waals surface area contributed by atoms with E-state index in [2.05, 4.69) is 25.1 Å². The van der Waals surface area contributed by atoms with Crippen molar-refractivity contribution >= 4 is 34.5 Å². The summed E-state index contributed by atoms with van der Waals surface area (Å²) in [5.41, 5.74) is 2.36. The van der Waals surface area contributed by atoms with E-state index in [0.717, 1.165) is 34.4 Å². The monoisotopic (exact) mass is 308 g/mol. The van der Waals surface area contributed by atoms with Gasteiger partial charge in [-0.05, 0) is 18.6 Å². The van der Waals surface area contributed by atoms with Crippen molar-refractivity contribution in [2.75, 3.05) is 11.6 Å². The lowest BCUT2D eigenvalue weighted by Crippen LogP contribution is -1.97. The van der Waals surface area contributed by atoms with Crippen LogP contribution >= 0.6 is 23.4 Å². The molecule has 0 saturated carbocycles. The van der Waals surface area contributed by atoms with Crippen LogP contribution in [0.15, 0.2) is 23.6 Å². The van der Waals surface area contributed by atoms with Gasteiger partial charge >= 0.3 is 0 Å². The summed E-state index contributed by atoms with van der Waals surface area (Å²) < 4.78 is 1.94. The van der Waals surface area contributed by atoms with Crippen LogP contribution in [0.1, 0.15) is 6.42 Å². The third kappa shape index (κ3) is 2.51. The first kappa shape index (κ1) is 13.4. The molecule has 0 radical (unpaired) electrons. The Kier molecular flexibility index (Phi) is 3.88. The molecule has 20 heavy (non-hydrogen) atoms. The van der Waals surface area contributed by atoms with Crippen molar-refractivity contribution in [3.05, 3.63) is 18.5 Å². The largest absolute Gasteiger partial charge is 0.343 e. The van der Waals surface area contributed by atoms with Gasteiger partial charge in [0, 0.05) is 18.7 Å². The van der Waals surface area contributed by atoms with Crippen LogP contribution in [0.5, 0.6) is 0 Å². The van der Waals surface area contributed by atoms with Crippen molar-refractivity contribution in [1.82, 2.24) is 29.7 Å². The molecule has 0 amide bonds. The predicted octanol–water partition coefficient (Wildman–Crippen LogP) is 2.47. The predicted molar refractivity (Wildman–Crippen MR) is 79.9 cm³/mol. The lowest BCUT2D eigenvalue weighted by atomic mass is 10.3. The van der Waals surface area contributed by atoms with Crippen LogP contribution in [0.4, 0.5) is 0 Å². The molecule has 6 nitrogen and oxygen atoms in total. The van der Waals surface area contributed by atoms with Crippen molar-refractivity contribution in [3.63, 3.8) is 0 Å². The number of H-pyrrole nitrogens is 1. The Morgan fingerprint density at radius 1 is 1.35 bits per heavy atom. The SMILES string of the molecule is Cn1c(SCCCCl)nnc1-c1ccc2[nH]cnc2n1. The van der Waals surface area contributed by atoms with Gasteiger partial charge in [-0.2, -0.15) is 0 Å². The van der Waals surface area contributed by atoms with Gasteiger partial charge in [-0.15, -0.1) is 21.8 Å². The summed E-state index contributed by atoms with van der Waals surface area (Å²) in [6.45, 7) is 0. The molecule has 0 atom stereocenters. The molecule has 0 aliphatic rings. The van der Waals surface area contributed by atoms with Gasteiger partial charge in [-0.3, -0.25) is 0 Å². The highest BCUT2D eigenvalue weighted by molar-refractivity contribution is 7.99. The van der Waals surface area contributed by atoms with E-state index in [1.165, 1.54) is 0 Å². The number of halogens is 1. The minimum Gasteiger partial charge on any atom is -0.343 e. The maximum atomic E-state index is 5.68. The Morgan fingerprint density at radius 3 is 3.10 bits per heavy atom. The van der Waals surface area contributed by atoms with Gasteiger partial charge in [0.05, 0.1) is 11.8 Å². The Bertz CT molecular complexity index is 722. The Morgan fingerprint density at radius 2 is 2.25 bits per heavy atom. The second-order valence-corrected chi connectivity index (χ2v) is 5.67. The molecule has 0 spiro atoms. The van der Waals surface area contributed by atoms with Gasteiger partial charge in [0.15, 0.2) is 16.6 Å². The van der Waals surface area contributed by atoms with Crippen LogP contribution in [-0.2, 0) is 7.05 Å². The number of hydrogen-bond donors (Lipinski definition) is 1. The van der Waals surface area contributed by atoms with Gasteiger partial charge in [0.2, 0.25) is 0 Å². The van der Waals surface area contributed by atoms with Gasteiger partial charge in [-0.1, -0.05) is 11.8 Å². The highest BCUT2D eigenvalue weighted by Gasteiger charge is 2.13. The van der Waals surface area contributed by atoms with Gasteiger partial charge in [0.1, 0.15) is 5.69 Å². The lowest BCUT2D eigenvalue weighted by Gasteiger charge is -2.02. The second kappa shape index (κ2) is 5.80. The van der Waals surface area contributed by atoms with Gasteiger partial charge in [-0.25, -0.2) is 9.97 Å². The van der Waals surface area contributed by atoms with Gasteiger partial charge < -0.3 is 9.55 Å². The van der Waals surface area contributed by atoms with Crippen LogP contribution in [0.25, 0.3) is 22.7 Å². The van der Waals surface area contributed by atoms with E-state index in [-0.39, 0.29) is 0 Å². The highest BCUT2D eigenvalue weighted by Crippen LogP contribution is 2.22. The minimum atomic E-state index is 0.662. The maximum absolute atomic E-state index is 5.68. The molecule has 8 heteroatoms. The number of imidazole rings is 1. The number of alkyl halides is 1. The number of pyridine rings is 1. The molecular weight excluding hydrogens is 296 g/mol. The Hall–Kier alpha value is -1.60. The number of fused-ring (bicyclic) bond motifs is 1. The quantitative estimate of drug-likeness (QED) is 0.445. The molecule has 0 saturated heterocycles. The first-order valence-corrected chi connectivity index (χ1v) is 7.70. The summed E-state index contributed by atoms with van der Waals surface area (Å²) >= 11 is 7.33. The first-order chi connectivity index (χ1) is 9.79. The number of aromatic nitrogens is 6. The summed E-state index contributed by atoms with van der Waals surface area (Å²) in [5, 5.41) is 9.28. The zero-order valence-electron chi connectivity index (χ0n) is 10.9. The summed E-state index contributed by atoms with van der Waals surface area (Å²) in [4.78, 5) is 11.7. The molecule has 3 aromatic heterocycles. The van der Waals surface area contributed by atoms with E-state index in [1.807, 2.05) is 23.7 Å². The summed E-state index contributed by atoms with van der Waals surface area (Å²) in [6, 6.07) is 3.86. The zero-order valence-corrected chi connectivity index (χ0v) is 12.4.